The minimum Gasteiger partial charge on any atom is -0.354 e. The van der Waals surface area contributed by atoms with Gasteiger partial charge in [0.1, 0.15) is 12.6 Å². The Balaban J connectivity index is 2.03. The molecule has 0 unspecified atom stereocenters. The molecule has 3 aromatic carbocycles. The predicted octanol–water partition coefficient (Wildman–Crippen LogP) is 4.69. The summed E-state index contributed by atoms with van der Waals surface area (Å²) in [6, 6.07) is 22.0. The van der Waals surface area contributed by atoms with Gasteiger partial charge in [0.05, 0.1) is 10.6 Å². The van der Waals surface area contributed by atoms with E-state index in [1.807, 2.05) is 64.1 Å². The molecule has 8 heteroatoms. The number of rotatable bonds is 11. The first-order valence-electron chi connectivity index (χ1n) is 12.8. The Labute approximate surface area is 226 Å². The number of sulfonamides is 1. The van der Waals surface area contributed by atoms with Crippen LogP contribution >= 0.6 is 0 Å². The lowest BCUT2D eigenvalue weighted by Gasteiger charge is -2.32. The van der Waals surface area contributed by atoms with Crippen molar-refractivity contribution < 1.29 is 18.0 Å². The van der Waals surface area contributed by atoms with Gasteiger partial charge in [-0.1, -0.05) is 74.5 Å². The van der Waals surface area contributed by atoms with Crippen LogP contribution in [0.2, 0.25) is 0 Å². The summed E-state index contributed by atoms with van der Waals surface area (Å²) in [6.07, 6.45) is 0. The van der Waals surface area contributed by atoms with E-state index in [9.17, 15) is 18.0 Å². The first-order chi connectivity index (χ1) is 18.0. The van der Waals surface area contributed by atoms with Crippen molar-refractivity contribution in [2.24, 2.45) is 5.92 Å². The molecule has 1 N–H and O–H groups in total. The van der Waals surface area contributed by atoms with Gasteiger partial charge < -0.3 is 10.2 Å². The van der Waals surface area contributed by atoms with Crippen LogP contribution < -0.4 is 9.62 Å². The van der Waals surface area contributed by atoms with Gasteiger partial charge in [-0.05, 0) is 61.6 Å². The second-order valence-electron chi connectivity index (χ2n) is 9.87. The second-order valence-corrected chi connectivity index (χ2v) is 11.7. The smallest absolute Gasteiger partial charge is 0.264 e. The van der Waals surface area contributed by atoms with Gasteiger partial charge in [-0.25, -0.2) is 8.42 Å². The quantitative estimate of drug-likeness (QED) is 0.386. The zero-order chi connectivity index (χ0) is 27.9. The van der Waals surface area contributed by atoms with Gasteiger partial charge in [-0.3, -0.25) is 13.9 Å². The number of nitrogens with one attached hydrogen (secondary N) is 1. The Morgan fingerprint density at radius 1 is 0.842 bits per heavy atom. The highest BCUT2D eigenvalue weighted by Crippen LogP contribution is 2.29. The topological polar surface area (TPSA) is 86.8 Å². The number of hydrogen-bond donors (Lipinski definition) is 1. The van der Waals surface area contributed by atoms with E-state index in [1.165, 1.54) is 17.0 Å². The fraction of sp³-hybridized carbons (Fsp3) is 0.333. The van der Waals surface area contributed by atoms with Crippen LogP contribution in [0.25, 0.3) is 0 Å². The van der Waals surface area contributed by atoms with E-state index in [2.05, 4.69) is 5.32 Å². The monoisotopic (exact) mass is 535 g/mol. The Bertz CT molecular complexity index is 1340. The summed E-state index contributed by atoms with van der Waals surface area (Å²) in [5.41, 5.74) is 2.94. The molecule has 0 spiro atoms. The first kappa shape index (κ1) is 28.9. The molecule has 0 bridgehead atoms. The Morgan fingerprint density at radius 3 is 2.05 bits per heavy atom. The van der Waals surface area contributed by atoms with E-state index >= 15 is 0 Å². The lowest BCUT2D eigenvalue weighted by atomic mass is 10.1. The summed E-state index contributed by atoms with van der Waals surface area (Å²) in [7, 11) is -4.08. The Hall–Kier alpha value is -3.65. The summed E-state index contributed by atoms with van der Waals surface area (Å²) in [4.78, 5) is 28.5. The van der Waals surface area contributed by atoms with Crippen molar-refractivity contribution in [2.75, 3.05) is 17.4 Å². The maximum absolute atomic E-state index is 13.9. The highest BCUT2D eigenvalue weighted by atomic mass is 32.2. The minimum atomic E-state index is -4.08. The number of aryl methyl sites for hydroxylation is 1. The number of anilines is 1. The SMILES string of the molecule is Cc1cccc(N(CC(=O)N(Cc2ccccc2)[C@H](C)C(=O)NCC(C)C)S(=O)(=O)c2ccccc2)c1C. The molecule has 0 aliphatic rings. The van der Waals surface area contributed by atoms with Crippen molar-refractivity contribution in [3.05, 3.63) is 95.6 Å². The van der Waals surface area contributed by atoms with Crippen molar-refractivity contribution >= 4 is 27.5 Å². The molecule has 0 aliphatic heterocycles. The molecular weight excluding hydrogens is 498 g/mol. The lowest BCUT2D eigenvalue weighted by molar-refractivity contribution is -0.139. The van der Waals surface area contributed by atoms with Crippen LogP contribution in [0.3, 0.4) is 0 Å². The lowest BCUT2D eigenvalue weighted by Crippen LogP contribution is -2.51. The average Bonchev–Trinajstić information content (AvgIpc) is 2.91. The van der Waals surface area contributed by atoms with E-state index in [0.29, 0.717) is 12.2 Å². The Kier molecular flexibility index (Phi) is 9.69. The predicted molar refractivity (Wildman–Crippen MR) is 151 cm³/mol. The van der Waals surface area contributed by atoms with Gasteiger partial charge in [-0.15, -0.1) is 0 Å². The summed E-state index contributed by atoms with van der Waals surface area (Å²) in [5.74, 6) is -0.506. The van der Waals surface area contributed by atoms with Crippen molar-refractivity contribution in [2.45, 2.75) is 52.1 Å². The molecule has 3 aromatic rings. The second kappa shape index (κ2) is 12.7. The van der Waals surface area contributed by atoms with Crippen LogP contribution in [0.4, 0.5) is 5.69 Å². The molecule has 2 amide bonds. The third-order valence-corrected chi connectivity index (χ3v) is 8.28. The first-order valence-corrected chi connectivity index (χ1v) is 14.2. The highest BCUT2D eigenvalue weighted by molar-refractivity contribution is 7.92. The number of amides is 2. The molecule has 0 saturated heterocycles. The fourth-order valence-electron chi connectivity index (χ4n) is 4.05. The molecule has 0 aliphatic carbocycles. The minimum absolute atomic E-state index is 0.0889. The number of carbonyl (C=O) groups is 2. The van der Waals surface area contributed by atoms with Gasteiger partial charge in [-0.2, -0.15) is 0 Å². The molecule has 0 aromatic heterocycles. The van der Waals surface area contributed by atoms with Gasteiger partial charge in [0.2, 0.25) is 11.8 Å². The average molecular weight is 536 g/mol. The van der Waals surface area contributed by atoms with E-state index in [1.54, 1.807) is 37.3 Å². The van der Waals surface area contributed by atoms with Gasteiger partial charge in [0.15, 0.2) is 0 Å². The van der Waals surface area contributed by atoms with Gasteiger partial charge in [0.25, 0.3) is 10.0 Å². The maximum atomic E-state index is 13.9. The van der Waals surface area contributed by atoms with Crippen molar-refractivity contribution in [1.82, 2.24) is 10.2 Å². The molecule has 202 valence electrons. The Morgan fingerprint density at radius 2 is 1.45 bits per heavy atom. The molecule has 1 atom stereocenters. The zero-order valence-electron chi connectivity index (χ0n) is 22.7. The van der Waals surface area contributed by atoms with E-state index in [4.69, 9.17) is 0 Å². The summed E-state index contributed by atoms with van der Waals surface area (Å²) in [6.45, 7) is 9.60. The summed E-state index contributed by atoms with van der Waals surface area (Å²) in [5, 5.41) is 2.90. The van der Waals surface area contributed by atoms with Crippen LogP contribution in [0, 0.1) is 19.8 Å². The van der Waals surface area contributed by atoms with Crippen LogP contribution in [-0.4, -0.2) is 44.3 Å². The largest absolute Gasteiger partial charge is 0.354 e. The van der Waals surface area contributed by atoms with Gasteiger partial charge >= 0.3 is 0 Å². The van der Waals surface area contributed by atoms with E-state index in [-0.39, 0.29) is 23.3 Å². The van der Waals surface area contributed by atoms with Crippen LogP contribution in [0.1, 0.15) is 37.5 Å². The third-order valence-electron chi connectivity index (χ3n) is 6.50. The molecule has 7 nitrogen and oxygen atoms in total. The fourth-order valence-corrected chi connectivity index (χ4v) is 5.55. The number of benzene rings is 3. The number of carbonyl (C=O) groups excluding carboxylic acids is 2. The molecule has 3 rings (SSSR count). The summed E-state index contributed by atoms with van der Waals surface area (Å²) >= 11 is 0. The van der Waals surface area contributed by atoms with E-state index < -0.39 is 28.5 Å². The maximum Gasteiger partial charge on any atom is 0.264 e. The molecule has 38 heavy (non-hydrogen) atoms. The van der Waals surface area contributed by atoms with Crippen LogP contribution in [0.15, 0.2) is 83.8 Å². The third kappa shape index (κ3) is 7.01. The van der Waals surface area contributed by atoms with Crippen molar-refractivity contribution in [3.63, 3.8) is 0 Å². The van der Waals surface area contributed by atoms with Crippen molar-refractivity contribution in [3.8, 4) is 0 Å². The normalized spacial score (nSPS) is 12.2. The summed E-state index contributed by atoms with van der Waals surface area (Å²) < 4.78 is 28.9. The number of nitrogens with zero attached hydrogens (tertiary/aromatic N) is 2. The van der Waals surface area contributed by atoms with E-state index in [0.717, 1.165) is 21.0 Å². The molecule has 0 radical (unpaired) electrons. The van der Waals surface area contributed by atoms with Crippen molar-refractivity contribution in [1.29, 1.82) is 0 Å². The highest BCUT2D eigenvalue weighted by Gasteiger charge is 2.33. The number of hydrogen-bond acceptors (Lipinski definition) is 4. The standard InChI is InChI=1S/C30H37N3O4S/c1-22(2)19-31-30(35)25(5)32(20-26-14-8-6-9-15-26)29(34)21-33(28-18-12-13-23(3)24(28)4)38(36,37)27-16-10-7-11-17-27/h6-18,22,25H,19-21H2,1-5H3,(H,31,35)/t25-/m1/s1. The molecular formula is C30H37N3O4S. The van der Waals surface area contributed by atoms with Crippen LogP contribution in [0.5, 0.6) is 0 Å². The van der Waals surface area contributed by atoms with Crippen LogP contribution in [-0.2, 0) is 26.2 Å². The van der Waals surface area contributed by atoms with Gasteiger partial charge in [0, 0.05) is 13.1 Å². The molecule has 0 saturated carbocycles. The molecule has 0 fully saturated rings. The molecule has 0 heterocycles. The zero-order valence-corrected chi connectivity index (χ0v) is 23.5.